The number of pyridine rings is 1. The molecule has 2 aromatic rings. The van der Waals surface area contributed by atoms with E-state index in [0.29, 0.717) is 17.1 Å². The second-order valence-electron chi connectivity index (χ2n) is 6.30. The van der Waals surface area contributed by atoms with Crippen molar-refractivity contribution in [2.75, 3.05) is 17.2 Å². The summed E-state index contributed by atoms with van der Waals surface area (Å²) in [6, 6.07) is 10.3. The fraction of sp³-hybridized carbons (Fsp3) is 0.278. The number of anilines is 2. The van der Waals surface area contributed by atoms with Gasteiger partial charge < -0.3 is 15.4 Å². The van der Waals surface area contributed by atoms with Gasteiger partial charge in [0, 0.05) is 35.2 Å². The van der Waals surface area contributed by atoms with Crippen LogP contribution in [-0.4, -0.2) is 23.4 Å². The maximum atomic E-state index is 12.0. The molecule has 0 atom stereocenters. The van der Waals surface area contributed by atoms with Crippen LogP contribution in [0.5, 0.6) is 5.75 Å². The first-order valence-corrected chi connectivity index (χ1v) is 7.59. The maximum Gasteiger partial charge on any atom is 0.262 e. The number of carbonyl (C=O) groups excluding carboxylic acids is 2. The van der Waals surface area contributed by atoms with Crippen molar-refractivity contribution in [3.63, 3.8) is 0 Å². The summed E-state index contributed by atoms with van der Waals surface area (Å²) in [6.45, 7) is 5.39. The highest BCUT2D eigenvalue weighted by Gasteiger charge is 2.21. The number of aromatic nitrogens is 1. The molecule has 0 spiro atoms. The molecule has 0 aliphatic heterocycles. The van der Waals surface area contributed by atoms with E-state index in [-0.39, 0.29) is 18.4 Å². The predicted molar refractivity (Wildman–Crippen MR) is 92.9 cm³/mol. The lowest BCUT2D eigenvalue weighted by atomic mass is 9.95. The topological polar surface area (TPSA) is 80.3 Å². The highest BCUT2D eigenvalue weighted by Crippen LogP contribution is 2.21. The molecule has 6 heteroatoms. The Morgan fingerprint density at radius 1 is 1.04 bits per heavy atom. The Labute approximate surface area is 141 Å². The summed E-state index contributed by atoms with van der Waals surface area (Å²) in [5, 5.41) is 5.53. The van der Waals surface area contributed by atoms with Gasteiger partial charge in [-0.1, -0.05) is 26.8 Å². The molecule has 0 unspecified atom stereocenters. The normalized spacial score (nSPS) is 10.8. The van der Waals surface area contributed by atoms with Crippen molar-refractivity contribution < 1.29 is 14.3 Å². The van der Waals surface area contributed by atoms with Crippen LogP contribution in [0.25, 0.3) is 0 Å². The highest BCUT2D eigenvalue weighted by molar-refractivity contribution is 5.94. The van der Waals surface area contributed by atoms with Gasteiger partial charge in [-0.3, -0.25) is 14.6 Å². The van der Waals surface area contributed by atoms with Crippen LogP contribution in [0.3, 0.4) is 0 Å². The maximum absolute atomic E-state index is 12.0. The molecule has 0 radical (unpaired) electrons. The molecule has 1 aromatic heterocycles. The molecule has 1 heterocycles. The lowest BCUT2D eigenvalue weighted by molar-refractivity contribution is -0.123. The number of carbonyl (C=O) groups is 2. The quantitative estimate of drug-likeness (QED) is 0.884. The summed E-state index contributed by atoms with van der Waals surface area (Å²) in [6.07, 6.45) is 3.19. The van der Waals surface area contributed by atoms with Gasteiger partial charge in [-0.05, 0) is 24.3 Å². The zero-order valence-corrected chi connectivity index (χ0v) is 14.0. The molecule has 0 bridgehead atoms. The van der Waals surface area contributed by atoms with E-state index in [1.165, 1.54) is 0 Å². The van der Waals surface area contributed by atoms with E-state index in [9.17, 15) is 9.59 Å². The molecular weight excluding hydrogens is 306 g/mol. The van der Waals surface area contributed by atoms with Gasteiger partial charge in [0.2, 0.25) is 5.91 Å². The van der Waals surface area contributed by atoms with Crippen LogP contribution in [0.4, 0.5) is 11.4 Å². The van der Waals surface area contributed by atoms with Crippen molar-refractivity contribution in [1.29, 1.82) is 0 Å². The Kier molecular flexibility index (Phi) is 5.52. The SMILES string of the molecule is CC(C)(C)C(=O)Nc1cccc(OCC(=O)Nc2ccncc2)c1. The summed E-state index contributed by atoms with van der Waals surface area (Å²) >= 11 is 0. The Hall–Kier alpha value is -2.89. The van der Waals surface area contributed by atoms with Crippen LogP contribution in [-0.2, 0) is 9.59 Å². The van der Waals surface area contributed by atoms with Crippen LogP contribution in [0.15, 0.2) is 48.8 Å². The molecule has 2 amide bonds. The zero-order valence-electron chi connectivity index (χ0n) is 14.0. The van der Waals surface area contributed by atoms with Crippen LogP contribution >= 0.6 is 0 Å². The Morgan fingerprint density at radius 3 is 2.42 bits per heavy atom. The third-order valence-corrected chi connectivity index (χ3v) is 3.11. The molecule has 0 aliphatic carbocycles. The first kappa shape index (κ1) is 17.5. The van der Waals surface area contributed by atoms with Crippen molar-refractivity contribution in [1.82, 2.24) is 4.98 Å². The van der Waals surface area contributed by atoms with E-state index >= 15 is 0 Å². The summed E-state index contributed by atoms with van der Waals surface area (Å²) < 4.78 is 5.47. The minimum atomic E-state index is -0.485. The van der Waals surface area contributed by atoms with Crippen LogP contribution in [0, 0.1) is 5.41 Å². The molecule has 2 N–H and O–H groups in total. The lowest BCUT2D eigenvalue weighted by Gasteiger charge is -2.18. The van der Waals surface area contributed by atoms with Crippen molar-refractivity contribution in [3.05, 3.63) is 48.8 Å². The van der Waals surface area contributed by atoms with E-state index in [2.05, 4.69) is 15.6 Å². The molecule has 126 valence electrons. The lowest BCUT2D eigenvalue weighted by Crippen LogP contribution is -2.27. The number of nitrogens with one attached hydrogen (secondary N) is 2. The van der Waals surface area contributed by atoms with Gasteiger partial charge in [-0.25, -0.2) is 0 Å². The van der Waals surface area contributed by atoms with Gasteiger partial charge in [0.1, 0.15) is 5.75 Å². The van der Waals surface area contributed by atoms with Crippen molar-refractivity contribution in [2.24, 2.45) is 5.41 Å². The van der Waals surface area contributed by atoms with Gasteiger partial charge in [0.25, 0.3) is 5.91 Å². The summed E-state index contributed by atoms with van der Waals surface area (Å²) in [5.74, 6) is 0.145. The summed E-state index contributed by atoms with van der Waals surface area (Å²) in [4.78, 5) is 27.7. The summed E-state index contributed by atoms with van der Waals surface area (Å²) in [5.41, 5.74) is 0.799. The molecule has 0 aliphatic rings. The van der Waals surface area contributed by atoms with Crippen molar-refractivity contribution >= 4 is 23.2 Å². The van der Waals surface area contributed by atoms with Gasteiger partial charge in [0.05, 0.1) is 0 Å². The second kappa shape index (κ2) is 7.59. The molecule has 0 saturated carbocycles. The van der Waals surface area contributed by atoms with Crippen LogP contribution in [0.1, 0.15) is 20.8 Å². The van der Waals surface area contributed by atoms with Crippen molar-refractivity contribution in [2.45, 2.75) is 20.8 Å². The van der Waals surface area contributed by atoms with Crippen molar-refractivity contribution in [3.8, 4) is 5.75 Å². The molecule has 0 fully saturated rings. The minimum Gasteiger partial charge on any atom is -0.484 e. The highest BCUT2D eigenvalue weighted by atomic mass is 16.5. The molecule has 2 rings (SSSR count). The number of hydrogen-bond acceptors (Lipinski definition) is 4. The molecule has 0 saturated heterocycles. The van der Waals surface area contributed by atoms with E-state index in [4.69, 9.17) is 4.74 Å². The predicted octanol–water partition coefficient (Wildman–Crippen LogP) is 3.08. The second-order valence-corrected chi connectivity index (χ2v) is 6.30. The third kappa shape index (κ3) is 5.39. The fourth-order valence-corrected chi connectivity index (χ4v) is 1.76. The van der Waals surface area contributed by atoms with Crippen LogP contribution in [0.2, 0.25) is 0 Å². The zero-order chi connectivity index (χ0) is 17.6. The Morgan fingerprint density at radius 2 is 1.75 bits per heavy atom. The van der Waals surface area contributed by atoms with Gasteiger partial charge in [-0.2, -0.15) is 0 Å². The average Bonchev–Trinajstić information content (AvgIpc) is 2.53. The standard InChI is InChI=1S/C18H21N3O3/c1-18(2,3)17(23)21-14-5-4-6-15(11-14)24-12-16(22)20-13-7-9-19-10-8-13/h4-11H,12H2,1-3H3,(H,21,23)(H,19,20,22). The first-order valence-electron chi connectivity index (χ1n) is 7.59. The fourth-order valence-electron chi connectivity index (χ4n) is 1.76. The number of nitrogens with zero attached hydrogens (tertiary/aromatic N) is 1. The van der Waals surface area contributed by atoms with E-state index in [1.54, 1.807) is 48.8 Å². The van der Waals surface area contributed by atoms with Crippen LogP contribution < -0.4 is 15.4 Å². The van der Waals surface area contributed by atoms with E-state index in [1.807, 2.05) is 20.8 Å². The number of rotatable bonds is 5. The largest absolute Gasteiger partial charge is 0.484 e. The van der Waals surface area contributed by atoms with E-state index in [0.717, 1.165) is 0 Å². The monoisotopic (exact) mass is 327 g/mol. The summed E-state index contributed by atoms with van der Waals surface area (Å²) in [7, 11) is 0. The molecular formula is C18H21N3O3. The first-order chi connectivity index (χ1) is 11.3. The molecule has 24 heavy (non-hydrogen) atoms. The smallest absolute Gasteiger partial charge is 0.262 e. The number of amides is 2. The van der Waals surface area contributed by atoms with Gasteiger partial charge in [-0.15, -0.1) is 0 Å². The third-order valence-electron chi connectivity index (χ3n) is 3.11. The molecule has 6 nitrogen and oxygen atoms in total. The van der Waals surface area contributed by atoms with E-state index < -0.39 is 5.41 Å². The average molecular weight is 327 g/mol. The Bertz CT molecular complexity index is 709. The number of benzene rings is 1. The minimum absolute atomic E-state index is 0.0879. The van der Waals surface area contributed by atoms with Gasteiger partial charge in [0.15, 0.2) is 6.61 Å². The number of ether oxygens (including phenoxy) is 1. The van der Waals surface area contributed by atoms with Gasteiger partial charge >= 0.3 is 0 Å². The molecule has 1 aromatic carbocycles. The Balaban J connectivity index is 1.90. The number of hydrogen-bond donors (Lipinski definition) is 2.